The molecule has 0 heterocycles. The van der Waals surface area contributed by atoms with E-state index in [-0.39, 0.29) is 11.1 Å². The largest absolute Gasteiger partial charge is 0.478 e. The number of benzene rings is 2. The van der Waals surface area contributed by atoms with E-state index in [4.69, 9.17) is 0 Å². The Morgan fingerprint density at radius 2 is 1.64 bits per heavy atom. The summed E-state index contributed by atoms with van der Waals surface area (Å²) in [6.07, 6.45) is 1.40. The molecule has 0 atom stereocenters. The van der Waals surface area contributed by atoms with Crippen molar-refractivity contribution in [2.24, 2.45) is 0 Å². The Morgan fingerprint density at radius 3 is 2.23 bits per heavy atom. The molecule has 0 spiro atoms. The minimum Gasteiger partial charge on any atom is -0.478 e. The van der Waals surface area contributed by atoms with Gasteiger partial charge in [0, 0.05) is 0 Å². The average Bonchev–Trinajstić information content (AvgIpc) is 2.47. The van der Waals surface area contributed by atoms with Gasteiger partial charge in [0.15, 0.2) is 0 Å². The molecule has 2 N–H and O–H groups in total. The van der Waals surface area contributed by atoms with E-state index in [1.807, 2.05) is 19.9 Å². The van der Waals surface area contributed by atoms with E-state index in [2.05, 4.69) is 0 Å². The van der Waals surface area contributed by atoms with E-state index in [1.54, 1.807) is 30.3 Å². The molecule has 112 valence electrons. The van der Waals surface area contributed by atoms with Crippen LogP contribution in [-0.2, 0) is 4.79 Å². The van der Waals surface area contributed by atoms with Crippen LogP contribution in [0.25, 0.3) is 11.6 Å². The predicted octanol–water partition coefficient (Wildman–Crippen LogP) is 3.63. The van der Waals surface area contributed by atoms with Crippen LogP contribution in [0.1, 0.15) is 32.6 Å². The lowest BCUT2D eigenvalue weighted by Gasteiger charge is -2.08. The Morgan fingerprint density at radius 1 is 0.955 bits per heavy atom. The van der Waals surface area contributed by atoms with Crippen molar-refractivity contribution in [3.8, 4) is 0 Å². The maximum absolute atomic E-state index is 11.6. The monoisotopic (exact) mass is 296 g/mol. The summed E-state index contributed by atoms with van der Waals surface area (Å²) >= 11 is 0. The first-order chi connectivity index (χ1) is 10.4. The van der Waals surface area contributed by atoms with Crippen molar-refractivity contribution < 1.29 is 19.8 Å². The number of aliphatic carboxylic acids is 1. The van der Waals surface area contributed by atoms with E-state index in [0.29, 0.717) is 11.1 Å². The van der Waals surface area contributed by atoms with Crippen LogP contribution >= 0.6 is 0 Å². The lowest BCUT2D eigenvalue weighted by molar-refractivity contribution is -0.130. The van der Waals surface area contributed by atoms with Crippen LogP contribution in [0.3, 0.4) is 0 Å². The highest BCUT2D eigenvalue weighted by Crippen LogP contribution is 2.23. The van der Waals surface area contributed by atoms with Crippen molar-refractivity contribution in [3.05, 3.63) is 70.3 Å². The van der Waals surface area contributed by atoms with Crippen molar-refractivity contribution in [2.45, 2.75) is 13.8 Å². The zero-order chi connectivity index (χ0) is 16.3. The molecule has 0 saturated heterocycles. The van der Waals surface area contributed by atoms with Crippen molar-refractivity contribution in [1.29, 1.82) is 0 Å². The molecule has 4 heteroatoms. The Labute approximate surface area is 128 Å². The number of carbonyl (C=O) groups is 2. The van der Waals surface area contributed by atoms with Gasteiger partial charge in [0.2, 0.25) is 0 Å². The minimum atomic E-state index is -1.09. The normalized spacial score (nSPS) is 11.3. The first-order valence-corrected chi connectivity index (χ1v) is 6.75. The number of hydrogen-bond acceptors (Lipinski definition) is 2. The third-order valence-electron chi connectivity index (χ3n) is 3.54. The summed E-state index contributed by atoms with van der Waals surface area (Å²) in [5.41, 5.74) is 3.11. The van der Waals surface area contributed by atoms with Gasteiger partial charge in [-0.25, -0.2) is 9.59 Å². The molecule has 0 saturated carbocycles. The summed E-state index contributed by atoms with van der Waals surface area (Å²) in [5.74, 6) is -2.18. The minimum absolute atomic E-state index is 0.0665. The molecule has 0 aliphatic heterocycles. The summed E-state index contributed by atoms with van der Waals surface area (Å²) in [4.78, 5) is 22.8. The van der Waals surface area contributed by atoms with Crippen molar-refractivity contribution >= 4 is 23.6 Å². The van der Waals surface area contributed by atoms with E-state index in [1.165, 1.54) is 12.1 Å². The highest BCUT2D eigenvalue weighted by Gasteiger charge is 2.14. The van der Waals surface area contributed by atoms with Gasteiger partial charge in [-0.1, -0.05) is 36.4 Å². The van der Waals surface area contributed by atoms with Gasteiger partial charge in [-0.05, 0) is 48.2 Å². The average molecular weight is 296 g/mol. The van der Waals surface area contributed by atoms with Crippen LogP contribution < -0.4 is 0 Å². The quantitative estimate of drug-likeness (QED) is 0.667. The molecule has 2 aromatic rings. The van der Waals surface area contributed by atoms with E-state index >= 15 is 0 Å². The van der Waals surface area contributed by atoms with Gasteiger partial charge in [-0.15, -0.1) is 0 Å². The number of carboxylic acids is 2. The first-order valence-electron chi connectivity index (χ1n) is 6.75. The van der Waals surface area contributed by atoms with Crippen LogP contribution in [0.5, 0.6) is 0 Å². The number of aryl methyl sites for hydroxylation is 2. The molecule has 0 radical (unpaired) electrons. The Bertz CT molecular complexity index is 772. The second-order valence-electron chi connectivity index (χ2n) is 5.05. The SMILES string of the molecule is Cc1ccc(/C(=C/c2ccccc2C(=O)O)C(=O)O)cc1C. The fraction of sp³-hybridized carbons (Fsp3) is 0.111. The summed E-state index contributed by atoms with van der Waals surface area (Å²) in [5, 5.41) is 18.7. The fourth-order valence-corrected chi connectivity index (χ4v) is 2.15. The van der Waals surface area contributed by atoms with Crippen molar-refractivity contribution in [2.75, 3.05) is 0 Å². The molecule has 4 nitrogen and oxygen atoms in total. The second kappa shape index (κ2) is 6.26. The Balaban J connectivity index is 2.60. The summed E-state index contributed by atoms with van der Waals surface area (Å²) < 4.78 is 0. The van der Waals surface area contributed by atoms with Gasteiger partial charge in [0.25, 0.3) is 0 Å². The van der Waals surface area contributed by atoms with Gasteiger partial charge in [0.05, 0.1) is 11.1 Å². The molecule has 0 unspecified atom stereocenters. The highest BCUT2D eigenvalue weighted by molar-refractivity contribution is 6.21. The zero-order valence-electron chi connectivity index (χ0n) is 12.3. The molecular weight excluding hydrogens is 280 g/mol. The molecule has 0 fully saturated rings. The molecule has 0 aliphatic carbocycles. The summed E-state index contributed by atoms with van der Waals surface area (Å²) in [6.45, 7) is 3.85. The third kappa shape index (κ3) is 3.23. The van der Waals surface area contributed by atoms with Crippen molar-refractivity contribution in [3.63, 3.8) is 0 Å². The number of aromatic carboxylic acids is 1. The van der Waals surface area contributed by atoms with E-state index in [9.17, 15) is 19.8 Å². The van der Waals surface area contributed by atoms with Crippen LogP contribution in [0.2, 0.25) is 0 Å². The molecular formula is C18H16O4. The number of hydrogen-bond donors (Lipinski definition) is 2. The summed E-state index contributed by atoms with van der Waals surface area (Å²) in [6, 6.07) is 11.7. The van der Waals surface area contributed by atoms with Gasteiger partial charge in [-0.2, -0.15) is 0 Å². The first kappa shape index (κ1) is 15.5. The zero-order valence-corrected chi connectivity index (χ0v) is 12.3. The van der Waals surface area contributed by atoms with Gasteiger partial charge >= 0.3 is 11.9 Å². The van der Waals surface area contributed by atoms with Crippen LogP contribution in [-0.4, -0.2) is 22.2 Å². The van der Waals surface area contributed by atoms with E-state index < -0.39 is 11.9 Å². The van der Waals surface area contributed by atoms with Gasteiger partial charge in [-0.3, -0.25) is 0 Å². The summed E-state index contributed by atoms with van der Waals surface area (Å²) in [7, 11) is 0. The van der Waals surface area contributed by atoms with Gasteiger partial charge < -0.3 is 10.2 Å². The molecule has 2 rings (SSSR count). The molecule has 0 aromatic heterocycles. The number of carboxylic acid groups (broad SMARTS) is 2. The predicted molar refractivity (Wildman–Crippen MR) is 84.8 cm³/mol. The van der Waals surface area contributed by atoms with E-state index in [0.717, 1.165) is 11.1 Å². The standard InChI is InChI=1S/C18H16O4/c1-11-7-8-14(9-12(11)2)16(18(21)22)10-13-5-3-4-6-15(13)17(19)20/h3-10H,1-2H3,(H,19,20)(H,21,22)/b16-10-. The maximum atomic E-state index is 11.6. The lowest BCUT2D eigenvalue weighted by atomic mass is 9.97. The second-order valence-corrected chi connectivity index (χ2v) is 5.05. The van der Waals surface area contributed by atoms with Crippen molar-refractivity contribution in [1.82, 2.24) is 0 Å². The van der Waals surface area contributed by atoms with Crippen LogP contribution in [0, 0.1) is 13.8 Å². The molecule has 22 heavy (non-hydrogen) atoms. The molecule has 2 aromatic carbocycles. The highest BCUT2D eigenvalue weighted by atomic mass is 16.4. The van der Waals surface area contributed by atoms with Crippen LogP contribution in [0.15, 0.2) is 42.5 Å². The molecule has 0 bridgehead atoms. The molecule has 0 aliphatic rings. The van der Waals surface area contributed by atoms with Gasteiger partial charge in [0.1, 0.15) is 0 Å². The third-order valence-corrected chi connectivity index (χ3v) is 3.54. The number of rotatable bonds is 4. The van der Waals surface area contributed by atoms with Crippen LogP contribution in [0.4, 0.5) is 0 Å². The Hall–Kier alpha value is -2.88. The smallest absolute Gasteiger partial charge is 0.336 e. The molecule has 0 amide bonds. The topological polar surface area (TPSA) is 74.6 Å². The fourth-order valence-electron chi connectivity index (χ4n) is 2.15. The maximum Gasteiger partial charge on any atom is 0.336 e. The lowest BCUT2D eigenvalue weighted by Crippen LogP contribution is -2.03. The Kier molecular flexibility index (Phi) is 4.41.